The van der Waals surface area contributed by atoms with Crippen molar-refractivity contribution in [2.24, 2.45) is 10.7 Å². The van der Waals surface area contributed by atoms with Crippen molar-refractivity contribution in [3.05, 3.63) is 29.8 Å². The monoisotopic (exact) mass is 236 g/mol. The van der Waals surface area contributed by atoms with Crippen molar-refractivity contribution in [1.29, 1.82) is 0 Å². The fourth-order valence-electron chi connectivity index (χ4n) is 1.37. The van der Waals surface area contributed by atoms with Crippen LogP contribution in [0.2, 0.25) is 0 Å². The van der Waals surface area contributed by atoms with Crippen LogP contribution in [0.1, 0.15) is 18.1 Å². The predicted octanol–water partition coefficient (Wildman–Crippen LogP) is -0.0764. The summed E-state index contributed by atoms with van der Waals surface area (Å²) in [5.41, 5.74) is 5.56. The molecule has 0 bridgehead atoms. The quantitative estimate of drug-likeness (QED) is 0.490. The molecule has 0 heterocycles. The van der Waals surface area contributed by atoms with E-state index in [1.54, 1.807) is 18.2 Å². The van der Waals surface area contributed by atoms with Gasteiger partial charge in [0.05, 0.1) is 18.2 Å². The van der Waals surface area contributed by atoms with Crippen molar-refractivity contribution in [2.75, 3.05) is 0 Å². The lowest BCUT2D eigenvalue weighted by Crippen LogP contribution is -2.25. The van der Waals surface area contributed by atoms with Gasteiger partial charge in [-0.3, -0.25) is 4.79 Å². The molecule has 1 amide bonds. The number of rotatable bonds is 5. The van der Waals surface area contributed by atoms with E-state index in [0.29, 0.717) is 11.3 Å². The number of benzene rings is 1. The molecular weight excluding hydrogens is 224 g/mol. The van der Waals surface area contributed by atoms with Gasteiger partial charge in [-0.15, -0.1) is 0 Å². The van der Waals surface area contributed by atoms with Crippen LogP contribution in [0, 0.1) is 0 Å². The first-order chi connectivity index (χ1) is 8.04. The maximum absolute atomic E-state index is 10.6. The molecule has 90 valence electrons. The maximum Gasteiger partial charge on any atom is 0.240 e. The van der Waals surface area contributed by atoms with Crippen LogP contribution in [0.5, 0.6) is 0 Å². The topological polar surface area (TPSA) is 113 Å². The highest BCUT2D eigenvalue weighted by molar-refractivity contribution is 5.74. The Morgan fingerprint density at radius 3 is 2.76 bits per heavy atom. The third kappa shape index (κ3) is 3.81. The standard InChI is InChI=1S/C11H12N2O4/c12-10(16)5-9(15)11(17)7-2-1-3-8(4-7)13-6-14/h1-4,9,11,15,17H,5H2,(H2,12,16). The third-order valence-corrected chi connectivity index (χ3v) is 2.16. The molecule has 0 aliphatic rings. The van der Waals surface area contributed by atoms with Crippen molar-refractivity contribution < 1.29 is 19.8 Å². The number of hydrogen-bond donors (Lipinski definition) is 3. The number of nitrogens with zero attached hydrogens (tertiary/aromatic N) is 1. The van der Waals surface area contributed by atoms with Crippen LogP contribution in [-0.2, 0) is 9.59 Å². The predicted molar refractivity (Wildman–Crippen MR) is 59.0 cm³/mol. The van der Waals surface area contributed by atoms with Gasteiger partial charge in [0.25, 0.3) is 0 Å². The summed E-state index contributed by atoms with van der Waals surface area (Å²) in [5, 5.41) is 19.2. The second-order valence-electron chi connectivity index (χ2n) is 3.48. The molecule has 0 saturated heterocycles. The molecule has 0 radical (unpaired) electrons. The highest BCUT2D eigenvalue weighted by Crippen LogP contribution is 2.22. The molecule has 0 spiro atoms. The maximum atomic E-state index is 10.6. The zero-order chi connectivity index (χ0) is 12.8. The second kappa shape index (κ2) is 5.91. The number of hydrogen-bond acceptors (Lipinski definition) is 5. The number of carbonyl (C=O) groups excluding carboxylic acids is 2. The van der Waals surface area contributed by atoms with E-state index < -0.39 is 18.1 Å². The molecule has 0 aliphatic heterocycles. The first-order valence-corrected chi connectivity index (χ1v) is 4.87. The normalized spacial score (nSPS) is 13.5. The summed E-state index contributed by atoms with van der Waals surface area (Å²) in [7, 11) is 0. The average molecular weight is 236 g/mol. The molecule has 0 aliphatic carbocycles. The second-order valence-corrected chi connectivity index (χ2v) is 3.48. The van der Waals surface area contributed by atoms with Gasteiger partial charge in [0.15, 0.2) is 0 Å². The smallest absolute Gasteiger partial charge is 0.240 e. The Morgan fingerprint density at radius 1 is 1.47 bits per heavy atom. The van der Waals surface area contributed by atoms with Gasteiger partial charge >= 0.3 is 0 Å². The molecule has 2 unspecified atom stereocenters. The van der Waals surface area contributed by atoms with E-state index in [1.807, 2.05) is 0 Å². The van der Waals surface area contributed by atoms with E-state index in [4.69, 9.17) is 5.73 Å². The van der Waals surface area contributed by atoms with Crippen LogP contribution >= 0.6 is 0 Å². The van der Waals surface area contributed by atoms with Gasteiger partial charge in [0, 0.05) is 0 Å². The van der Waals surface area contributed by atoms with Crippen LogP contribution in [0.4, 0.5) is 5.69 Å². The molecule has 0 saturated carbocycles. The minimum atomic E-state index is -1.29. The third-order valence-electron chi connectivity index (χ3n) is 2.16. The number of primary amides is 1. The number of aliphatic imine (C=N–C) groups is 1. The summed E-state index contributed by atoms with van der Waals surface area (Å²) in [5.74, 6) is -0.710. The average Bonchev–Trinajstić information content (AvgIpc) is 2.28. The molecule has 0 fully saturated rings. The molecule has 4 N–H and O–H groups in total. The fraction of sp³-hybridized carbons (Fsp3) is 0.273. The highest BCUT2D eigenvalue weighted by atomic mass is 16.3. The summed E-state index contributed by atoms with van der Waals surface area (Å²) in [4.78, 5) is 24.0. The van der Waals surface area contributed by atoms with Gasteiger partial charge in [-0.2, -0.15) is 4.99 Å². The van der Waals surface area contributed by atoms with Crippen LogP contribution < -0.4 is 5.73 Å². The zero-order valence-corrected chi connectivity index (χ0v) is 8.91. The Kier molecular flexibility index (Phi) is 4.54. The summed E-state index contributed by atoms with van der Waals surface area (Å²) >= 11 is 0. The molecule has 6 heteroatoms. The Bertz CT molecular complexity index is 455. The van der Waals surface area contributed by atoms with E-state index in [2.05, 4.69) is 4.99 Å². The first kappa shape index (κ1) is 13.1. The van der Waals surface area contributed by atoms with E-state index in [9.17, 15) is 19.8 Å². The van der Waals surface area contributed by atoms with E-state index in [-0.39, 0.29) is 6.42 Å². The molecular formula is C11H12N2O4. The largest absolute Gasteiger partial charge is 0.390 e. The van der Waals surface area contributed by atoms with Crippen molar-refractivity contribution in [2.45, 2.75) is 18.6 Å². The minimum Gasteiger partial charge on any atom is -0.390 e. The number of amides is 1. The molecule has 1 rings (SSSR count). The van der Waals surface area contributed by atoms with Gasteiger partial charge < -0.3 is 15.9 Å². The van der Waals surface area contributed by atoms with E-state index >= 15 is 0 Å². The summed E-state index contributed by atoms with van der Waals surface area (Å²) in [6.45, 7) is 0. The van der Waals surface area contributed by atoms with E-state index in [1.165, 1.54) is 12.1 Å². The van der Waals surface area contributed by atoms with Gasteiger partial charge in [-0.1, -0.05) is 12.1 Å². The number of aliphatic hydroxyl groups excluding tert-OH is 2. The lowest BCUT2D eigenvalue weighted by atomic mass is 10.0. The number of carbonyl (C=O) groups is 1. The Labute approximate surface area is 97.4 Å². The minimum absolute atomic E-state index is 0.308. The van der Waals surface area contributed by atoms with Gasteiger partial charge in [0.2, 0.25) is 12.0 Å². The molecule has 2 atom stereocenters. The molecule has 0 aromatic heterocycles. The summed E-state index contributed by atoms with van der Waals surface area (Å²) < 4.78 is 0. The highest BCUT2D eigenvalue weighted by Gasteiger charge is 2.20. The van der Waals surface area contributed by atoms with Crippen molar-refractivity contribution in [1.82, 2.24) is 0 Å². The van der Waals surface area contributed by atoms with Crippen molar-refractivity contribution in [3.8, 4) is 0 Å². The van der Waals surface area contributed by atoms with Crippen LogP contribution in [0.25, 0.3) is 0 Å². The zero-order valence-electron chi connectivity index (χ0n) is 8.91. The van der Waals surface area contributed by atoms with Crippen LogP contribution in [0.3, 0.4) is 0 Å². The number of isocyanates is 1. The van der Waals surface area contributed by atoms with Gasteiger partial charge in [0.1, 0.15) is 6.10 Å². The van der Waals surface area contributed by atoms with Crippen molar-refractivity contribution >= 4 is 17.7 Å². The Balaban J connectivity index is 2.87. The van der Waals surface area contributed by atoms with E-state index in [0.717, 1.165) is 0 Å². The van der Waals surface area contributed by atoms with Gasteiger partial charge in [-0.25, -0.2) is 4.79 Å². The van der Waals surface area contributed by atoms with Crippen LogP contribution in [0.15, 0.2) is 29.3 Å². The number of aliphatic hydroxyl groups is 2. The fourth-order valence-corrected chi connectivity index (χ4v) is 1.37. The molecule has 1 aromatic rings. The Hall–Kier alpha value is -2.01. The van der Waals surface area contributed by atoms with Gasteiger partial charge in [-0.05, 0) is 17.7 Å². The Morgan fingerprint density at radius 2 is 2.18 bits per heavy atom. The number of nitrogens with two attached hydrogens (primary N) is 1. The van der Waals surface area contributed by atoms with Crippen LogP contribution in [-0.4, -0.2) is 28.3 Å². The van der Waals surface area contributed by atoms with Crippen molar-refractivity contribution in [3.63, 3.8) is 0 Å². The molecule has 1 aromatic carbocycles. The summed E-state index contributed by atoms with van der Waals surface area (Å²) in [6.07, 6.45) is -1.53. The first-order valence-electron chi connectivity index (χ1n) is 4.87. The lowest BCUT2D eigenvalue weighted by Gasteiger charge is -2.16. The SMILES string of the molecule is NC(=O)CC(O)C(O)c1cccc(N=C=O)c1. The summed E-state index contributed by atoms with van der Waals surface area (Å²) in [6, 6.07) is 6.06. The molecule has 17 heavy (non-hydrogen) atoms. The molecule has 6 nitrogen and oxygen atoms in total. The lowest BCUT2D eigenvalue weighted by molar-refractivity contribution is -0.121.